The van der Waals surface area contributed by atoms with Crippen molar-refractivity contribution in [2.75, 3.05) is 4.72 Å². The van der Waals surface area contributed by atoms with Crippen molar-refractivity contribution in [1.82, 2.24) is 19.5 Å². The number of anilines is 1. The third kappa shape index (κ3) is 3.96. The average Bonchev–Trinajstić information content (AvgIpc) is 3.05. The molecule has 0 unspecified atom stereocenters. The predicted molar refractivity (Wildman–Crippen MR) is 109 cm³/mol. The van der Waals surface area contributed by atoms with Gasteiger partial charge in [0.15, 0.2) is 17.0 Å². The van der Waals surface area contributed by atoms with Gasteiger partial charge in [-0.25, -0.2) is 23.4 Å². The van der Waals surface area contributed by atoms with Gasteiger partial charge >= 0.3 is 6.18 Å². The summed E-state index contributed by atoms with van der Waals surface area (Å²) in [5.74, 6) is 0.291. The van der Waals surface area contributed by atoms with Crippen LogP contribution in [0, 0.1) is 6.92 Å². The fraction of sp³-hybridized carbons (Fsp3) is 0.150. The number of nitrogens with one attached hydrogen (secondary N) is 1. The minimum atomic E-state index is -4.45. The highest BCUT2D eigenvalue weighted by Gasteiger charge is 2.30. The Morgan fingerprint density at radius 3 is 2.23 bits per heavy atom. The van der Waals surface area contributed by atoms with Crippen LogP contribution in [-0.2, 0) is 23.2 Å². The zero-order valence-corrected chi connectivity index (χ0v) is 17.2. The number of rotatable bonds is 4. The van der Waals surface area contributed by atoms with Gasteiger partial charge in [-0.2, -0.15) is 13.2 Å². The average molecular weight is 447 g/mol. The lowest BCUT2D eigenvalue weighted by Crippen LogP contribution is -2.14. The zero-order chi connectivity index (χ0) is 22.4. The fourth-order valence-electron chi connectivity index (χ4n) is 3.04. The number of halogens is 3. The number of imidazole rings is 1. The number of aromatic nitrogens is 4. The Kier molecular flexibility index (Phi) is 4.92. The Labute approximate surface area is 175 Å². The van der Waals surface area contributed by atoms with Crippen LogP contribution in [0.1, 0.15) is 11.1 Å². The van der Waals surface area contributed by atoms with Crippen molar-refractivity contribution in [3.63, 3.8) is 0 Å². The van der Waals surface area contributed by atoms with Gasteiger partial charge in [0.05, 0.1) is 10.5 Å². The Balaban J connectivity index is 1.75. The maximum absolute atomic E-state index is 12.8. The number of benzene rings is 2. The van der Waals surface area contributed by atoms with Crippen LogP contribution in [0.15, 0.2) is 59.8 Å². The Morgan fingerprint density at radius 1 is 0.968 bits per heavy atom. The summed E-state index contributed by atoms with van der Waals surface area (Å²) in [5.41, 5.74) is 1.05. The normalized spacial score (nSPS) is 12.3. The predicted octanol–water partition coefficient (Wildman–Crippen LogP) is 4.16. The lowest BCUT2D eigenvalue weighted by atomic mass is 10.1. The first kappa shape index (κ1) is 20.8. The van der Waals surface area contributed by atoms with E-state index >= 15 is 0 Å². The molecule has 2 aromatic carbocycles. The molecule has 0 atom stereocenters. The first-order valence-corrected chi connectivity index (χ1v) is 10.5. The summed E-state index contributed by atoms with van der Waals surface area (Å²) in [6.45, 7) is 1.84. The van der Waals surface area contributed by atoms with Crippen molar-refractivity contribution in [3.8, 4) is 11.4 Å². The Bertz CT molecular complexity index is 1360. The molecule has 0 aliphatic carbocycles. The van der Waals surface area contributed by atoms with Gasteiger partial charge in [-0.1, -0.05) is 29.8 Å². The molecule has 0 fully saturated rings. The van der Waals surface area contributed by atoms with E-state index in [1.54, 1.807) is 23.7 Å². The summed E-state index contributed by atoms with van der Waals surface area (Å²) in [6.07, 6.45) is -3.26. The second-order valence-electron chi connectivity index (χ2n) is 6.88. The highest BCUT2D eigenvalue weighted by atomic mass is 32.2. The number of nitrogens with zero attached hydrogens (tertiary/aromatic N) is 4. The van der Waals surface area contributed by atoms with E-state index in [-0.39, 0.29) is 16.2 Å². The topological polar surface area (TPSA) is 89.8 Å². The SMILES string of the molecule is Cc1ccc(S(=O)(=O)Nc2ncnc3c2nc(-c2ccc(C(F)(F)F)cc2)n3C)cc1. The second-order valence-corrected chi connectivity index (χ2v) is 8.56. The lowest BCUT2D eigenvalue weighted by Gasteiger charge is -2.07. The minimum absolute atomic E-state index is 0.0284. The van der Waals surface area contributed by atoms with Crippen molar-refractivity contribution < 1.29 is 21.6 Å². The lowest BCUT2D eigenvalue weighted by molar-refractivity contribution is -0.137. The van der Waals surface area contributed by atoms with Gasteiger partial charge in [0, 0.05) is 12.6 Å². The molecule has 0 saturated carbocycles. The van der Waals surface area contributed by atoms with E-state index < -0.39 is 21.8 Å². The molecule has 0 aliphatic rings. The third-order valence-electron chi connectivity index (χ3n) is 4.69. The van der Waals surface area contributed by atoms with Crippen LogP contribution >= 0.6 is 0 Å². The number of sulfonamides is 1. The molecule has 0 spiro atoms. The van der Waals surface area contributed by atoms with Crippen LogP contribution < -0.4 is 4.72 Å². The number of hydrogen-bond acceptors (Lipinski definition) is 5. The maximum Gasteiger partial charge on any atom is 0.416 e. The molecule has 31 heavy (non-hydrogen) atoms. The second kappa shape index (κ2) is 7.34. The molecule has 4 rings (SSSR count). The van der Waals surface area contributed by atoms with Gasteiger partial charge in [-0.15, -0.1) is 0 Å². The molecule has 0 aliphatic heterocycles. The number of alkyl halides is 3. The molecule has 0 bridgehead atoms. The molecule has 2 heterocycles. The van der Waals surface area contributed by atoms with Crippen molar-refractivity contribution in [2.45, 2.75) is 18.0 Å². The standard InChI is InChI=1S/C20H16F3N5O2S/c1-12-3-9-15(10-4-12)31(29,30)27-17-16-19(25-11-24-17)28(2)18(26-16)13-5-7-14(8-6-13)20(21,22)23/h3-11H,1-2H3,(H,24,25,27). The minimum Gasteiger partial charge on any atom is -0.312 e. The molecular formula is C20H16F3N5O2S. The number of hydrogen-bond donors (Lipinski definition) is 1. The molecule has 0 saturated heterocycles. The summed E-state index contributed by atoms with van der Waals surface area (Å²) >= 11 is 0. The quantitative estimate of drug-likeness (QED) is 0.508. The summed E-state index contributed by atoms with van der Waals surface area (Å²) in [6, 6.07) is 10.8. The van der Waals surface area contributed by atoms with Gasteiger partial charge in [0.2, 0.25) is 0 Å². The van der Waals surface area contributed by atoms with Gasteiger partial charge in [-0.3, -0.25) is 4.72 Å². The number of aryl methyl sites for hydroxylation is 2. The van der Waals surface area contributed by atoms with Crippen LogP contribution in [0.3, 0.4) is 0 Å². The van der Waals surface area contributed by atoms with Crippen molar-refractivity contribution in [1.29, 1.82) is 0 Å². The van der Waals surface area contributed by atoms with Crippen LogP contribution in [0.25, 0.3) is 22.6 Å². The van der Waals surface area contributed by atoms with E-state index in [0.717, 1.165) is 17.7 Å². The van der Waals surface area contributed by atoms with E-state index in [1.807, 2.05) is 6.92 Å². The molecule has 4 aromatic rings. The van der Waals surface area contributed by atoms with Crippen LogP contribution in [0.4, 0.5) is 19.0 Å². The summed E-state index contributed by atoms with van der Waals surface area (Å²) in [7, 11) is -2.29. The largest absolute Gasteiger partial charge is 0.416 e. The van der Waals surface area contributed by atoms with E-state index in [2.05, 4.69) is 19.7 Å². The summed E-state index contributed by atoms with van der Waals surface area (Å²) in [5, 5.41) is 0. The van der Waals surface area contributed by atoms with Gasteiger partial charge in [0.25, 0.3) is 10.0 Å². The molecule has 7 nitrogen and oxygen atoms in total. The molecule has 160 valence electrons. The Morgan fingerprint density at radius 2 is 1.61 bits per heavy atom. The van der Waals surface area contributed by atoms with Gasteiger partial charge in [-0.05, 0) is 31.2 Å². The van der Waals surface area contributed by atoms with Crippen molar-refractivity contribution in [3.05, 3.63) is 66.0 Å². The summed E-state index contributed by atoms with van der Waals surface area (Å²) < 4.78 is 68.0. The number of fused-ring (bicyclic) bond motifs is 1. The molecule has 11 heteroatoms. The van der Waals surface area contributed by atoms with Crippen molar-refractivity contribution in [2.24, 2.45) is 7.05 Å². The van der Waals surface area contributed by atoms with E-state index in [4.69, 9.17) is 0 Å². The van der Waals surface area contributed by atoms with E-state index in [9.17, 15) is 21.6 Å². The maximum atomic E-state index is 12.8. The Hall–Kier alpha value is -3.47. The van der Waals surface area contributed by atoms with Crippen LogP contribution in [0.2, 0.25) is 0 Å². The molecule has 1 N–H and O–H groups in total. The molecule has 2 aromatic heterocycles. The summed E-state index contributed by atoms with van der Waals surface area (Å²) in [4.78, 5) is 12.6. The van der Waals surface area contributed by atoms with Crippen LogP contribution in [-0.4, -0.2) is 27.9 Å². The molecular weight excluding hydrogens is 431 g/mol. The van der Waals surface area contributed by atoms with Gasteiger partial charge < -0.3 is 4.57 Å². The van der Waals surface area contributed by atoms with Crippen molar-refractivity contribution >= 4 is 27.0 Å². The van der Waals surface area contributed by atoms with E-state index in [1.165, 1.54) is 30.6 Å². The molecule has 0 amide bonds. The first-order chi connectivity index (χ1) is 14.6. The zero-order valence-electron chi connectivity index (χ0n) is 16.3. The molecule has 0 radical (unpaired) electrons. The fourth-order valence-corrected chi connectivity index (χ4v) is 4.06. The van der Waals surface area contributed by atoms with E-state index in [0.29, 0.717) is 17.0 Å². The highest BCUT2D eigenvalue weighted by Crippen LogP contribution is 2.32. The third-order valence-corrected chi connectivity index (χ3v) is 6.04. The van der Waals surface area contributed by atoms with Crippen LogP contribution in [0.5, 0.6) is 0 Å². The first-order valence-electron chi connectivity index (χ1n) is 9.01. The monoisotopic (exact) mass is 447 g/mol. The highest BCUT2D eigenvalue weighted by molar-refractivity contribution is 7.92. The smallest absolute Gasteiger partial charge is 0.312 e. The van der Waals surface area contributed by atoms with Gasteiger partial charge in [0.1, 0.15) is 12.2 Å².